The molecule has 0 aliphatic carbocycles. The number of nitrogens with two attached hydrogens (primary N) is 1. The molecule has 1 saturated heterocycles. The van der Waals surface area contributed by atoms with Gasteiger partial charge in [0.25, 0.3) is 0 Å². The molecular formula is C22H24ClN6O5S2-. The molecule has 4 rings (SSSR count). The fourth-order valence-electron chi connectivity index (χ4n) is 4.20. The summed E-state index contributed by atoms with van der Waals surface area (Å²) in [7, 11) is 4.81. The van der Waals surface area contributed by atoms with Crippen LogP contribution < -0.4 is 14.9 Å². The lowest BCUT2D eigenvalue weighted by molar-refractivity contribution is -0.151. The van der Waals surface area contributed by atoms with Crippen LogP contribution >= 0.6 is 22.9 Å². The number of thiazole rings is 1. The quantitative estimate of drug-likeness (QED) is 0.328. The van der Waals surface area contributed by atoms with Gasteiger partial charge in [0.05, 0.1) is 13.3 Å². The second kappa shape index (κ2) is 10.5. The van der Waals surface area contributed by atoms with Crippen molar-refractivity contribution in [1.82, 2.24) is 14.9 Å². The second-order valence-corrected chi connectivity index (χ2v) is 10.6. The Balaban J connectivity index is 1.63. The van der Waals surface area contributed by atoms with Gasteiger partial charge in [0.1, 0.15) is 22.9 Å². The van der Waals surface area contributed by atoms with Gasteiger partial charge < -0.3 is 24.8 Å². The molecule has 1 aromatic carbocycles. The van der Waals surface area contributed by atoms with Gasteiger partial charge in [-0.1, -0.05) is 22.9 Å². The number of fused-ring (bicyclic) bond motifs is 1. The van der Waals surface area contributed by atoms with Gasteiger partial charge in [-0.2, -0.15) is 0 Å². The van der Waals surface area contributed by atoms with Gasteiger partial charge >= 0.3 is 5.97 Å². The molecule has 14 heteroatoms. The first-order chi connectivity index (χ1) is 17.1. The lowest BCUT2D eigenvalue weighted by atomic mass is 10.0. The number of methoxy groups -OCH3 is 1. The summed E-state index contributed by atoms with van der Waals surface area (Å²) in [5.41, 5.74) is 6.55. The first-order valence-electron chi connectivity index (χ1n) is 10.8. The Morgan fingerprint density at radius 3 is 2.81 bits per heavy atom. The fraction of sp³-hybridized carbons (Fsp3) is 0.364. The number of esters is 1. The summed E-state index contributed by atoms with van der Waals surface area (Å²) in [6, 6.07) is 3.23. The third-order valence-corrected chi connectivity index (χ3v) is 8.37. The number of likely N-dealkylation sites (tertiary alicyclic amines) is 1. The SMILES string of the molecule is COC(=O)[C@@H](Cc1cc2ccnc(N)c2cc1Cl)N1CC[C@H](N(c2cnc(N(C)C)s2)S(=O)[O-])C1=O. The van der Waals surface area contributed by atoms with E-state index in [0.717, 1.165) is 21.0 Å². The number of carbonyl (C=O) groups excluding carboxylic acids is 2. The van der Waals surface area contributed by atoms with Crippen LogP contribution in [0.25, 0.3) is 10.8 Å². The van der Waals surface area contributed by atoms with Gasteiger partial charge in [-0.25, -0.2) is 14.8 Å². The predicted octanol–water partition coefficient (Wildman–Crippen LogP) is 1.98. The van der Waals surface area contributed by atoms with Crippen molar-refractivity contribution in [3.63, 3.8) is 0 Å². The molecule has 2 aromatic heterocycles. The Bertz CT molecular complexity index is 1340. The van der Waals surface area contributed by atoms with Crippen molar-refractivity contribution in [2.75, 3.05) is 42.7 Å². The molecule has 1 fully saturated rings. The molecule has 0 radical (unpaired) electrons. The molecule has 11 nitrogen and oxygen atoms in total. The zero-order chi connectivity index (χ0) is 26.1. The lowest BCUT2D eigenvalue weighted by Crippen LogP contribution is -2.49. The summed E-state index contributed by atoms with van der Waals surface area (Å²) in [6.45, 7) is 0.165. The van der Waals surface area contributed by atoms with E-state index in [1.807, 2.05) is 0 Å². The molecule has 0 spiro atoms. The standard InChI is InChI=1S/C22H25ClN6O5S2/c1-27(2)22-26-11-18(35-22)29(36(32)33)16-5-7-28(20(16)30)17(21(31)34-3)9-13-8-12-4-6-25-19(24)14(12)10-15(13)23/h4,6,8,10-11,16-17H,5,7,9H2,1-3H3,(H2,24,25)(H,32,33)/p-1/t16-,17+/m0/s1. The number of ether oxygens (including phenoxy) is 1. The number of pyridine rings is 1. The van der Waals surface area contributed by atoms with E-state index in [2.05, 4.69) is 9.97 Å². The van der Waals surface area contributed by atoms with Crippen molar-refractivity contribution in [3.8, 4) is 0 Å². The number of hydrogen-bond acceptors (Lipinski definition) is 10. The molecular weight excluding hydrogens is 528 g/mol. The molecule has 1 unspecified atom stereocenters. The van der Waals surface area contributed by atoms with E-state index in [0.29, 0.717) is 31.9 Å². The van der Waals surface area contributed by atoms with Crippen LogP contribution in [0.1, 0.15) is 12.0 Å². The van der Waals surface area contributed by atoms with E-state index in [4.69, 9.17) is 22.1 Å². The third-order valence-electron chi connectivity index (χ3n) is 5.96. The Morgan fingerprint density at radius 2 is 2.17 bits per heavy atom. The first-order valence-corrected chi connectivity index (χ1v) is 13.1. The molecule has 2 N–H and O–H groups in total. The highest BCUT2D eigenvalue weighted by molar-refractivity contribution is 7.81. The summed E-state index contributed by atoms with van der Waals surface area (Å²) >= 11 is 4.91. The maximum atomic E-state index is 13.5. The number of nitrogen functional groups attached to an aromatic ring is 1. The summed E-state index contributed by atoms with van der Waals surface area (Å²) in [4.78, 5) is 37.6. The number of carbonyl (C=O) groups is 2. The van der Waals surface area contributed by atoms with Gasteiger partial charge in [-0.3, -0.25) is 13.3 Å². The summed E-state index contributed by atoms with van der Waals surface area (Å²) in [6.07, 6.45) is 3.26. The van der Waals surface area contributed by atoms with Gasteiger partial charge in [-0.15, -0.1) is 0 Å². The number of hydrogen-bond donors (Lipinski definition) is 1. The van der Waals surface area contributed by atoms with Crippen molar-refractivity contribution >= 4 is 72.8 Å². The van der Waals surface area contributed by atoms with E-state index in [1.54, 1.807) is 43.4 Å². The van der Waals surface area contributed by atoms with Crippen molar-refractivity contribution in [2.24, 2.45) is 0 Å². The van der Waals surface area contributed by atoms with Crippen molar-refractivity contribution in [1.29, 1.82) is 0 Å². The van der Waals surface area contributed by atoms with Crippen LogP contribution in [0.2, 0.25) is 5.02 Å². The highest BCUT2D eigenvalue weighted by Gasteiger charge is 2.43. The Morgan fingerprint density at radius 1 is 1.42 bits per heavy atom. The van der Waals surface area contributed by atoms with Crippen LogP contribution in [0.4, 0.5) is 16.0 Å². The lowest BCUT2D eigenvalue weighted by Gasteiger charge is -2.31. The average molecular weight is 552 g/mol. The minimum atomic E-state index is -2.73. The van der Waals surface area contributed by atoms with E-state index >= 15 is 0 Å². The Kier molecular flexibility index (Phi) is 7.64. The molecule has 1 aliphatic heterocycles. The highest BCUT2D eigenvalue weighted by Crippen LogP contribution is 2.35. The first kappa shape index (κ1) is 26.1. The zero-order valence-electron chi connectivity index (χ0n) is 19.7. The van der Waals surface area contributed by atoms with Gasteiger partial charge in [0.2, 0.25) is 5.91 Å². The molecule has 3 aromatic rings. The third kappa shape index (κ3) is 4.96. The Labute approximate surface area is 219 Å². The summed E-state index contributed by atoms with van der Waals surface area (Å²) in [5.74, 6) is -0.800. The average Bonchev–Trinajstić information content (AvgIpc) is 3.46. The molecule has 36 heavy (non-hydrogen) atoms. The predicted molar refractivity (Wildman–Crippen MR) is 139 cm³/mol. The van der Waals surface area contributed by atoms with Gasteiger partial charge in [0, 0.05) is 54.9 Å². The largest absolute Gasteiger partial charge is 0.755 e. The van der Waals surface area contributed by atoms with E-state index in [1.165, 1.54) is 18.2 Å². The number of amides is 1. The van der Waals surface area contributed by atoms with Crippen LogP contribution in [0.15, 0.2) is 30.6 Å². The normalized spacial score (nSPS) is 17.3. The van der Waals surface area contributed by atoms with Crippen LogP contribution in [-0.2, 0) is 32.0 Å². The highest BCUT2D eigenvalue weighted by atomic mass is 35.5. The van der Waals surface area contributed by atoms with Crippen molar-refractivity contribution < 1.29 is 23.1 Å². The molecule has 0 bridgehead atoms. The smallest absolute Gasteiger partial charge is 0.328 e. The number of nitrogens with zero attached hydrogens (tertiary/aromatic N) is 5. The number of anilines is 3. The van der Waals surface area contributed by atoms with Crippen LogP contribution in [0.5, 0.6) is 0 Å². The van der Waals surface area contributed by atoms with Crippen molar-refractivity contribution in [2.45, 2.75) is 24.9 Å². The minimum absolute atomic E-state index is 0.0773. The van der Waals surface area contributed by atoms with E-state index in [-0.39, 0.29) is 19.4 Å². The fourth-order valence-corrected chi connectivity index (χ4v) is 6.13. The molecule has 1 amide bonds. The van der Waals surface area contributed by atoms with Crippen molar-refractivity contribution in [3.05, 3.63) is 41.2 Å². The van der Waals surface area contributed by atoms with Crippen LogP contribution in [0.3, 0.4) is 0 Å². The van der Waals surface area contributed by atoms with E-state index in [9.17, 15) is 18.4 Å². The zero-order valence-corrected chi connectivity index (χ0v) is 22.1. The summed E-state index contributed by atoms with van der Waals surface area (Å²) < 4.78 is 30.3. The maximum Gasteiger partial charge on any atom is 0.328 e. The molecule has 3 atom stereocenters. The number of halogens is 1. The van der Waals surface area contributed by atoms with Gasteiger partial charge in [0.15, 0.2) is 5.13 Å². The molecule has 3 heterocycles. The minimum Gasteiger partial charge on any atom is -0.755 e. The molecule has 0 saturated carbocycles. The number of rotatable bonds is 8. The second-order valence-electron chi connectivity index (χ2n) is 8.36. The Hall–Kier alpha value is -3.00. The topological polar surface area (TPSA) is 145 Å². The molecule has 1 aliphatic rings. The van der Waals surface area contributed by atoms with Crippen LogP contribution in [-0.4, -0.2) is 75.3 Å². The monoisotopic (exact) mass is 551 g/mol. The molecule has 192 valence electrons. The van der Waals surface area contributed by atoms with E-state index < -0.39 is 35.2 Å². The maximum absolute atomic E-state index is 13.5. The number of aromatic nitrogens is 2. The van der Waals surface area contributed by atoms with Gasteiger partial charge in [-0.05, 0) is 35.6 Å². The number of benzene rings is 1. The van der Waals surface area contributed by atoms with Crippen LogP contribution in [0, 0.1) is 0 Å². The summed E-state index contributed by atoms with van der Waals surface area (Å²) in [5, 5.41) is 2.73.